The average Bonchev–Trinajstić information content (AvgIpc) is 2.15. The van der Waals surface area contributed by atoms with E-state index in [0.717, 1.165) is 0 Å². The maximum Gasteiger partial charge on any atom is 0.160 e. The molecule has 0 amide bonds. The molecule has 3 heteroatoms. The summed E-state index contributed by atoms with van der Waals surface area (Å²) in [6.45, 7) is 6.83. The van der Waals surface area contributed by atoms with Gasteiger partial charge in [-0.25, -0.2) is 0 Å². The molecule has 1 aromatic carbocycles. The van der Waals surface area contributed by atoms with Crippen molar-refractivity contribution in [2.24, 2.45) is 0 Å². The fourth-order valence-electron chi connectivity index (χ4n) is 1.55. The number of hydrogen-bond donors (Lipinski definition) is 0. The Labute approximate surface area is 90.6 Å². The summed E-state index contributed by atoms with van der Waals surface area (Å²) >= 11 is 0. The minimum absolute atomic E-state index is 0.792. The lowest BCUT2D eigenvalue weighted by atomic mass is 10.2. The smallest absolute Gasteiger partial charge is 0.160 e. The summed E-state index contributed by atoms with van der Waals surface area (Å²) in [5.41, 5.74) is 1.45. The zero-order valence-electron chi connectivity index (χ0n) is 9.36. The molecule has 1 rings (SSSR count). The van der Waals surface area contributed by atoms with Crippen LogP contribution in [0.5, 0.6) is 0 Å². The highest BCUT2D eigenvalue weighted by Gasteiger charge is 2.07. The monoisotopic (exact) mass is 224 g/mol. The third-order valence-corrected chi connectivity index (χ3v) is 7.32. The van der Waals surface area contributed by atoms with E-state index in [1.54, 1.807) is 0 Å². The summed E-state index contributed by atoms with van der Waals surface area (Å²) < 4.78 is 5.95. The Morgan fingerprint density at radius 1 is 1.07 bits per heavy atom. The van der Waals surface area contributed by atoms with Gasteiger partial charge in [-0.2, -0.15) is 0 Å². The van der Waals surface area contributed by atoms with Crippen LogP contribution < -0.4 is 0 Å². The lowest BCUT2D eigenvalue weighted by Crippen LogP contribution is -2.21. The first-order valence-electron chi connectivity index (χ1n) is 5.38. The van der Waals surface area contributed by atoms with E-state index in [2.05, 4.69) is 50.0 Å². The van der Waals surface area contributed by atoms with Crippen LogP contribution in [-0.4, -0.2) is 18.1 Å². The van der Waals surface area contributed by atoms with Gasteiger partial charge in [-0.15, -0.1) is 0 Å². The Bertz CT molecular complexity index is 249. The van der Waals surface area contributed by atoms with Crippen LogP contribution in [0.1, 0.15) is 5.56 Å². The Hall–Kier alpha value is -0.386. The third kappa shape index (κ3) is 4.74. The second-order valence-corrected chi connectivity index (χ2v) is 9.40. The normalized spacial score (nSPS) is 13.1. The molecule has 1 nitrogen and oxygen atoms in total. The van der Waals surface area contributed by atoms with Crippen LogP contribution in [0.3, 0.4) is 0 Å². The van der Waals surface area contributed by atoms with Gasteiger partial charge < -0.3 is 4.12 Å². The van der Waals surface area contributed by atoms with E-state index < -0.39 is 18.1 Å². The average molecular weight is 224 g/mol. The highest BCUT2D eigenvalue weighted by molar-refractivity contribution is 6.63. The molecule has 1 aromatic rings. The second kappa shape index (κ2) is 6.16. The van der Waals surface area contributed by atoms with Crippen molar-refractivity contribution in [3.8, 4) is 0 Å². The minimum Gasteiger partial charge on any atom is -0.460 e. The van der Waals surface area contributed by atoms with Gasteiger partial charge in [0.1, 0.15) is 0 Å². The van der Waals surface area contributed by atoms with Crippen molar-refractivity contribution < 1.29 is 4.12 Å². The van der Waals surface area contributed by atoms with Gasteiger partial charge in [-0.1, -0.05) is 30.3 Å². The van der Waals surface area contributed by atoms with Crippen LogP contribution in [-0.2, 0) is 10.5 Å². The van der Waals surface area contributed by atoms with E-state index in [0.29, 0.717) is 0 Å². The van der Waals surface area contributed by atoms with Crippen LogP contribution in [0.2, 0.25) is 25.7 Å². The number of hydrogen-bond acceptors (Lipinski definition) is 1. The zero-order valence-corrected chi connectivity index (χ0v) is 11.7. The largest absolute Gasteiger partial charge is 0.460 e. The molecule has 1 unspecified atom stereocenters. The number of benzene rings is 1. The van der Waals surface area contributed by atoms with Crippen LogP contribution >= 0.6 is 0 Å². The molecule has 0 aliphatic carbocycles. The Morgan fingerprint density at radius 3 is 2.29 bits per heavy atom. The van der Waals surface area contributed by atoms with E-state index in [1.807, 2.05) is 0 Å². The molecule has 1 atom stereocenters. The topological polar surface area (TPSA) is 9.23 Å². The molecule has 0 bridgehead atoms. The molecular formula is C11H20OSi2. The van der Waals surface area contributed by atoms with Crippen LogP contribution in [0.4, 0.5) is 0 Å². The summed E-state index contributed by atoms with van der Waals surface area (Å²) in [5, 5.41) is 0. The van der Waals surface area contributed by atoms with Crippen LogP contribution in [0.15, 0.2) is 30.3 Å². The predicted octanol–water partition coefficient (Wildman–Crippen LogP) is 2.58. The molecule has 0 aromatic heterocycles. The van der Waals surface area contributed by atoms with E-state index in [1.165, 1.54) is 18.0 Å². The molecule has 0 saturated heterocycles. The minimum atomic E-state index is -0.868. The quantitative estimate of drug-likeness (QED) is 0.699. The van der Waals surface area contributed by atoms with Crippen molar-refractivity contribution in [2.75, 3.05) is 0 Å². The van der Waals surface area contributed by atoms with Gasteiger partial charge in [-0.3, -0.25) is 0 Å². The van der Waals surface area contributed by atoms with E-state index >= 15 is 0 Å². The first-order valence-corrected chi connectivity index (χ1v) is 10.6. The first kappa shape index (κ1) is 11.7. The summed E-state index contributed by atoms with van der Waals surface area (Å²) in [6, 6.07) is 12.0. The van der Waals surface area contributed by atoms with Crippen molar-refractivity contribution in [1.82, 2.24) is 0 Å². The molecule has 0 radical (unpaired) electrons. The van der Waals surface area contributed by atoms with Gasteiger partial charge in [0.2, 0.25) is 0 Å². The van der Waals surface area contributed by atoms with Crippen molar-refractivity contribution >= 4 is 18.1 Å². The van der Waals surface area contributed by atoms with Gasteiger partial charge in [0, 0.05) is 0 Å². The van der Waals surface area contributed by atoms with Gasteiger partial charge in [0.25, 0.3) is 0 Å². The third-order valence-electron chi connectivity index (χ3n) is 2.19. The molecule has 14 heavy (non-hydrogen) atoms. The lowest BCUT2D eigenvalue weighted by Gasteiger charge is -2.14. The van der Waals surface area contributed by atoms with E-state index in [9.17, 15) is 0 Å². The lowest BCUT2D eigenvalue weighted by molar-refractivity contribution is 0.596. The highest BCUT2D eigenvalue weighted by Crippen LogP contribution is 2.06. The standard InChI is InChI=1S/C11H20OSi2/c1-13(2)12-14(3)10-9-11-7-5-4-6-8-11/h4-8,13-14H,9-10H2,1-3H3. The van der Waals surface area contributed by atoms with Crippen LogP contribution in [0, 0.1) is 0 Å². The Kier molecular flexibility index (Phi) is 5.15. The van der Waals surface area contributed by atoms with Crippen molar-refractivity contribution in [2.45, 2.75) is 32.1 Å². The van der Waals surface area contributed by atoms with Gasteiger partial charge in [-0.05, 0) is 37.7 Å². The fourth-order valence-corrected chi connectivity index (χ4v) is 6.55. The molecule has 0 aliphatic heterocycles. The van der Waals surface area contributed by atoms with Crippen LogP contribution in [0.25, 0.3) is 0 Å². The molecule has 0 N–H and O–H groups in total. The molecular weight excluding hydrogens is 204 g/mol. The van der Waals surface area contributed by atoms with Gasteiger partial charge in [0.15, 0.2) is 18.1 Å². The van der Waals surface area contributed by atoms with Crippen molar-refractivity contribution in [3.05, 3.63) is 35.9 Å². The van der Waals surface area contributed by atoms with Gasteiger partial charge >= 0.3 is 0 Å². The number of aryl methyl sites for hydroxylation is 1. The summed E-state index contributed by atoms with van der Waals surface area (Å²) in [5.74, 6) is 0. The Morgan fingerprint density at radius 2 is 1.71 bits per heavy atom. The first-order chi connectivity index (χ1) is 6.68. The molecule has 78 valence electrons. The SMILES string of the molecule is C[SiH](C)O[SiH](C)CCc1ccccc1. The molecule has 0 fully saturated rings. The molecule has 0 spiro atoms. The summed E-state index contributed by atoms with van der Waals surface area (Å²) in [6.07, 6.45) is 1.19. The summed E-state index contributed by atoms with van der Waals surface area (Å²) in [7, 11) is -1.66. The van der Waals surface area contributed by atoms with Gasteiger partial charge in [0.05, 0.1) is 0 Å². The van der Waals surface area contributed by atoms with Crippen molar-refractivity contribution in [3.63, 3.8) is 0 Å². The van der Waals surface area contributed by atoms with E-state index in [-0.39, 0.29) is 0 Å². The van der Waals surface area contributed by atoms with E-state index in [4.69, 9.17) is 4.12 Å². The molecule has 0 heterocycles. The Balaban J connectivity index is 2.27. The molecule has 0 saturated carbocycles. The summed E-state index contributed by atoms with van der Waals surface area (Å²) in [4.78, 5) is 0. The van der Waals surface area contributed by atoms with Crippen molar-refractivity contribution in [1.29, 1.82) is 0 Å². The highest BCUT2D eigenvalue weighted by atomic mass is 28.4. The zero-order chi connectivity index (χ0) is 10.4. The molecule has 0 aliphatic rings. The second-order valence-electron chi connectivity index (χ2n) is 4.02. The maximum absolute atomic E-state index is 5.95. The maximum atomic E-state index is 5.95. The predicted molar refractivity (Wildman–Crippen MR) is 67.9 cm³/mol. The number of rotatable bonds is 5. The fraction of sp³-hybridized carbons (Fsp3) is 0.455.